The van der Waals surface area contributed by atoms with Crippen molar-refractivity contribution in [3.05, 3.63) is 35.9 Å². The first-order valence-corrected chi connectivity index (χ1v) is 5.06. The first kappa shape index (κ1) is 9.69. The number of hydrogen-bond donors (Lipinski definition) is 1. The summed E-state index contributed by atoms with van der Waals surface area (Å²) >= 11 is 0. The van der Waals surface area contributed by atoms with Crippen molar-refractivity contribution < 1.29 is 9.84 Å². The lowest BCUT2D eigenvalue weighted by atomic mass is 9.78. The molecule has 0 bridgehead atoms. The minimum atomic E-state index is -0.602. The minimum absolute atomic E-state index is 0.0164. The summed E-state index contributed by atoms with van der Waals surface area (Å²) < 4.78 is 5.63. The van der Waals surface area contributed by atoms with Gasteiger partial charge in [0, 0.05) is 0 Å². The van der Waals surface area contributed by atoms with Crippen molar-refractivity contribution in [3.8, 4) is 0 Å². The highest BCUT2D eigenvalue weighted by Crippen LogP contribution is 2.34. The predicted octanol–water partition coefficient (Wildman–Crippen LogP) is 2.12. The fraction of sp³-hybridized carbons (Fsp3) is 0.500. The Labute approximate surface area is 84.5 Å². The summed E-state index contributed by atoms with van der Waals surface area (Å²) in [6, 6.07) is 10.1. The normalized spacial score (nSPS) is 31.1. The zero-order valence-corrected chi connectivity index (χ0v) is 8.44. The zero-order valence-electron chi connectivity index (χ0n) is 8.44. The van der Waals surface area contributed by atoms with E-state index in [1.165, 1.54) is 0 Å². The van der Waals surface area contributed by atoms with Crippen molar-refractivity contribution in [2.24, 2.45) is 0 Å². The number of ether oxygens (including phenoxy) is 1. The molecule has 0 aliphatic heterocycles. The highest BCUT2D eigenvalue weighted by molar-refractivity contribution is 5.13. The molecule has 2 atom stereocenters. The highest BCUT2D eigenvalue weighted by atomic mass is 16.5. The summed E-state index contributed by atoms with van der Waals surface area (Å²) in [5.41, 5.74) is 0.560. The Balaban J connectivity index is 1.84. The number of rotatable bonds is 3. The van der Waals surface area contributed by atoms with Gasteiger partial charge in [-0.1, -0.05) is 30.3 Å². The van der Waals surface area contributed by atoms with Crippen molar-refractivity contribution >= 4 is 0 Å². The van der Waals surface area contributed by atoms with E-state index in [0.29, 0.717) is 6.61 Å². The van der Waals surface area contributed by atoms with Gasteiger partial charge in [0.2, 0.25) is 0 Å². The van der Waals surface area contributed by atoms with Gasteiger partial charge in [-0.15, -0.1) is 0 Å². The van der Waals surface area contributed by atoms with Gasteiger partial charge in [0.15, 0.2) is 0 Å². The molecule has 0 aromatic heterocycles. The maximum atomic E-state index is 9.73. The van der Waals surface area contributed by atoms with Crippen molar-refractivity contribution in [2.45, 2.75) is 38.1 Å². The molecule has 1 saturated carbocycles. The highest BCUT2D eigenvalue weighted by Gasteiger charge is 2.41. The number of aliphatic hydroxyl groups is 1. The lowest BCUT2D eigenvalue weighted by Gasteiger charge is -2.42. The smallest absolute Gasteiger partial charge is 0.0881 e. The van der Waals surface area contributed by atoms with Gasteiger partial charge in [-0.2, -0.15) is 0 Å². The molecular formula is C12H16O2. The third-order valence-electron chi connectivity index (χ3n) is 2.90. The van der Waals surface area contributed by atoms with Crippen LogP contribution in [0, 0.1) is 0 Å². The van der Waals surface area contributed by atoms with Crippen LogP contribution in [0.3, 0.4) is 0 Å². The molecule has 0 saturated heterocycles. The second kappa shape index (κ2) is 3.71. The van der Waals surface area contributed by atoms with Crippen LogP contribution in [-0.2, 0) is 11.3 Å². The molecule has 76 valence electrons. The Kier molecular flexibility index (Phi) is 2.57. The molecule has 1 aromatic rings. The quantitative estimate of drug-likeness (QED) is 0.794. The van der Waals surface area contributed by atoms with Gasteiger partial charge in [-0.3, -0.25) is 0 Å². The molecule has 1 aromatic carbocycles. The fourth-order valence-corrected chi connectivity index (χ4v) is 1.71. The molecule has 0 unspecified atom stereocenters. The summed E-state index contributed by atoms with van der Waals surface area (Å²) in [6.45, 7) is 2.44. The van der Waals surface area contributed by atoms with Gasteiger partial charge in [0.1, 0.15) is 0 Å². The van der Waals surface area contributed by atoms with E-state index in [-0.39, 0.29) is 6.10 Å². The summed E-state index contributed by atoms with van der Waals surface area (Å²) in [5.74, 6) is 0. The van der Waals surface area contributed by atoms with E-state index in [1.54, 1.807) is 0 Å². The van der Waals surface area contributed by atoms with E-state index in [9.17, 15) is 5.11 Å². The Morgan fingerprint density at radius 2 is 2.14 bits per heavy atom. The lowest BCUT2D eigenvalue weighted by Crippen LogP contribution is -2.50. The Hall–Kier alpha value is -0.860. The molecule has 14 heavy (non-hydrogen) atoms. The Morgan fingerprint density at radius 1 is 1.43 bits per heavy atom. The summed E-state index contributed by atoms with van der Waals surface area (Å²) in [6.07, 6.45) is 1.84. The molecule has 1 N–H and O–H groups in total. The van der Waals surface area contributed by atoms with E-state index < -0.39 is 5.60 Å². The minimum Gasteiger partial charge on any atom is -0.387 e. The standard InChI is InChI=1S/C12H16O2/c1-12(13)8-7-11(12)14-9-10-5-3-2-4-6-10/h2-6,11,13H,7-9H2,1H3/t11-,12-/m0/s1. The second-order valence-corrected chi connectivity index (χ2v) is 4.18. The SMILES string of the molecule is C[C@]1(O)CC[C@@H]1OCc1ccccc1. The molecule has 2 nitrogen and oxygen atoms in total. The summed E-state index contributed by atoms with van der Waals surface area (Å²) in [5, 5.41) is 9.73. The Bertz CT molecular complexity index is 292. The van der Waals surface area contributed by atoms with Crippen LogP contribution < -0.4 is 0 Å². The average molecular weight is 192 g/mol. The third-order valence-corrected chi connectivity index (χ3v) is 2.90. The summed E-state index contributed by atoms with van der Waals surface area (Å²) in [4.78, 5) is 0. The monoisotopic (exact) mass is 192 g/mol. The molecular weight excluding hydrogens is 176 g/mol. The van der Waals surface area contributed by atoms with E-state index >= 15 is 0 Å². The van der Waals surface area contributed by atoms with Crippen LogP contribution in [0.2, 0.25) is 0 Å². The second-order valence-electron chi connectivity index (χ2n) is 4.18. The van der Waals surface area contributed by atoms with E-state index in [4.69, 9.17) is 4.74 Å². The van der Waals surface area contributed by atoms with Crippen molar-refractivity contribution in [1.82, 2.24) is 0 Å². The Morgan fingerprint density at radius 3 is 2.64 bits per heavy atom. The van der Waals surface area contributed by atoms with Crippen LogP contribution in [0.5, 0.6) is 0 Å². The first-order chi connectivity index (χ1) is 6.68. The zero-order chi connectivity index (χ0) is 10.0. The van der Waals surface area contributed by atoms with Crippen LogP contribution in [0.1, 0.15) is 25.3 Å². The maximum Gasteiger partial charge on any atom is 0.0881 e. The largest absolute Gasteiger partial charge is 0.387 e. The van der Waals surface area contributed by atoms with Crippen LogP contribution in [-0.4, -0.2) is 16.8 Å². The van der Waals surface area contributed by atoms with Crippen LogP contribution >= 0.6 is 0 Å². The molecule has 0 spiro atoms. The van der Waals surface area contributed by atoms with E-state index in [0.717, 1.165) is 18.4 Å². The number of benzene rings is 1. The molecule has 0 amide bonds. The van der Waals surface area contributed by atoms with Crippen molar-refractivity contribution in [1.29, 1.82) is 0 Å². The van der Waals surface area contributed by atoms with Gasteiger partial charge >= 0.3 is 0 Å². The molecule has 0 radical (unpaired) electrons. The molecule has 0 heterocycles. The number of hydrogen-bond acceptors (Lipinski definition) is 2. The molecule has 1 aliphatic carbocycles. The van der Waals surface area contributed by atoms with Crippen LogP contribution in [0.15, 0.2) is 30.3 Å². The molecule has 1 aliphatic rings. The van der Waals surface area contributed by atoms with Crippen LogP contribution in [0.4, 0.5) is 0 Å². The van der Waals surface area contributed by atoms with Crippen molar-refractivity contribution in [3.63, 3.8) is 0 Å². The molecule has 2 rings (SSSR count). The molecule has 1 fully saturated rings. The topological polar surface area (TPSA) is 29.5 Å². The third kappa shape index (κ3) is 1.97. The van der Waals surface area contributed by atoms with E-state index in [1.807, 2.05) is 37.3 Å². The predicted molar refractivity (Wildman–Crippen MR) is 54.9 cm³/mol. The average Bonchev–Trinajstić information content (AvgIpc) is 2.18. The van der Waals surface area contributed by atoms with Gasteiger partial charge < -0.3 is 9.84 Å². The molecule has 2 heteroatoms. The van der Waals surface area contributed by atoms with Gasteiger partial charge in [-0.25, -0.2) is 0 Å². The van der Waals surface area contributed by atoms with Gasteiger partial charge in [0.05, 0.1) is 18.3 Å². The summed E-state index contributed by atoms with van der Waals surface area (Å²) in [7, 11) is 0. The van der Waals surface area contributed by atoms with Crippen molar-refractivity contribution in [2.75, 3.05) is 0 Å². The van der Waals surface area contributed by atoms with E-state index in [2.05, 4.69) is 0 Å². The lowest BCUT2D eigenvalue weighted by molar-refractivity contribution is -0.166. The maximum absolute atomic E-state index is 9.73. The van der Waals surface area contributed by atoms with Crippen LogP contribution in [0.25, 0.3) is 0 Å². The first-order valence-electron chi connectivity index (χ1n) is 5.06. The van der Waals surface area contributed by atoms with Gasteiger partial charge in [-0.05, 0) is 25.3 Å². The fourth-order valence-electron chi connectivity index (χ4n) is 1.71. The van der Waals surface area contributed by atoms with Gasteiger partial charge in [0.25, 0.3) is 0 Å².